The summed E-state index contributed by atoms with van der Waals surface area (Å²) in [5.41, 5.74) is 10.5. The molecule has 0 bridgehead atoms. The van der Waals surface area contributed by atoms with Crippen molar-refractivity contribution in [3.8, 4) is 0 Å². The average molecular weight is 627 g/mol. The molecule has 0 spiro atoms. The second kappa shape index (κ2) is 14.7. The molecule has 0 N–H and O–H groups in total. The first-order chi connectivity index (χ1) is 21.0. The van der Waals surface area contributed by atoms with Gasteiger partial charge in [0.1, 0.15) is 0 Å². The van der Waals surface area contributed by atoms with E-state index in [4.69, 9.17) is 8.85 Å². The number of hydrogen-bond donors (Lipinski definition) is 0. The second-order valence-electron chi connectivity index (χ2n) is 14.4. The van der Waals surface area contributed by atoms with E-state index in [9.17, 15) is 0 Å². The van der Waals surface area contributed by atoms with Gasteiger partial charge in [-0.25, -0.2) is 0 Å². The van der Waals surface area contributed by atoms with Crippen molar-refractivity contribution in [1.82, 2.24) is 0 Å². The standard InChI is InChI=1S/C40H58O2Si2/c1-11-13-25-43(29(3)4,30(5)6)41-39-27-33-19-15-17-21-35(33)37(39)23-24-38-36-22-18-16-20-34(36)28-40(38)42-44(31(7)8,32(9)10)26-14-12-2/h11-12,15-22,29-32H,1-2,13-14,23-28H2,3-10H3. The maximum absolute atomic E-state index is 7.44. The van der Waals surface area contributed by atoms with Gasteiger partial charge in [0.15, 0.2) is 0 Å². The molecule has 4 heteroatoms. The summed E-state index contributed by atoms with van der Waals surface area (Å²) in [5.74, 6) is 2.47. The van der Waals surface area contributed by atoms with E-state index in [0.717, 1.165) is 50.6 Å². The molecule has 0 saturated heterocycles. The van der Waals surface area contributed by atoms with Crippen LogP contribution in [-0.4, -0.2) is 16.6 Å². The Kier molecular flexibility index (Phi) is 11.5. The van der Waals surface area contributed by atoms with Gasteiger partial charge >= 0.3 is 0 Å². The fraction of sp³-hybridized carbons (Fsp3) is 0.500. The molecule has 0 fully saturated rings. The molecular formula is C40H58O2Si2. The molecule has 44 heavy (non-hydrogen) atoms. The lowest BCUT2D eigenvalue weighted by atomic mass is 9.96. The fourth-order valence-electron chi connectivity index (χ4n) is 7.97. The number of allylic oxidation sites excluding steroid dienone is 6. The number of fused-ring (bicyclic) bond motifs is 2. The van der Waals surface area contributed by atoms with E-state index in [1.54, 1.807) is 0 Å². The van der Waals surface area contributed by atoms with Crippen LogP contribution in [0.3, 0.4) is 0 Å². The summed E-state index contributed by atoms with van der Waals surface area (Å²) in [5, 5.41) is 0. The molecule has 2 aromatic rings. The minimum absolute atomic E-state index is 0.532. The van der Waals surface area contributed by atoms with E-state index in [1.165, 1.54) is 44.9 Å². The minimum atomic E-state index is -2.09. The number of rotatable bonds is 17. The van der Waals surface area contributed by atoms with Gasteiger partial charge in [0, 0.05) is 12.8 Å². The molecule has 2 aliphatic carbocycles. The minimum Gasteiger partial charge on any atom is -0.545 e. The summed E-state index contributed by atoms with van der Waals surface area (Å²) in [6.45, 7) is 27.2. The third kappa shape index (κ3) is 6.82. The van der Waals surface area contributed by atoms with Gasteiger partial charge in [-0.3, -0.25) is 0 Å². The smallest absolute Gasteiger partial charge is 0.256 e. The van der Waals surface area contributed by atoms with Crippen molar-refractivity contribution in [3.63, 3.8) is 0 Å². The molecule has 2 aliphatic rings. The predicted molar refractivity (Wildman–Crippen MR) is 197 cm³/mol. The maximum Gasteiger partial charge on any atom is 0.256 e. The van der Waals surface area contributed by atoms with E-state index in [2.05, 4.69) is 129 Å². The lowest BCUT2D eigenvalue weighted by molar-refractivity contribution is 0.373. The molecule has 0 saturated carbocycles. The van der Waals surface area contributed by atoms with Gasteiger partial charge in [-0.1, -0.05) is 116 Å². The predicted octanol–water partition coefficient (Wildman–Crippen LogP) is 12.4. The van der Waals surface area contributed by atoms with E-state index >= 15 is 0 Å². The van der Waals surface area contributed by atoms with Gasteiger partial charge in [-0.05, 0) is 93.3 Å². The Hall–Kier alpha value is -2.57. The van der Waals surface area contributed by atoms with E-state index in [0.29, 0.717) is 22.2 Å². The van der Waals surface area contributed by atoms with E-state index in [1.807, 2.05) is 0 Å². The van der Waals surface area contributed by atoms with Crippen molar-refractivity contribution in [2.45, 2.75) is 128 Å². The van der Waals surface area contributed by atoms with Gasteiger partial charge < -0.3 is 8.85 Å². The zero-order valence-electron chi connectivity index (χ0n) is 29.0. The Morgan fingerprint density at radius 3 is 1.25 bits per heavy atom. The quantitative estimate of drug-likeness (QED) is 0.128. The van der Waals surface area contributed by atoms with Crippen LogP contribution in [0.2, 0.25) is 34.3 Å². The topological polar surface area (TPSA) is 18.5 Å². The molecule has 0 aliphatic heterocycles. The summed E-state index contributed by atoms with van der Waals surface area (Å²) in [7, 11) is -4.17. The number of benzene rings is 2. The van der Waals surface area contributed by atoms with Crippen molar-refractivity contribution in [1.29, 1.82) is 0 Å². The number of hydrogen-bond acceptors (Lipinski definition) is 2. The Morgan fingerprint density at radius 1 is 0.591 bits per heavy atom. The zero-order chi connectivity index (χ0) is 32.1. The van der Waals surface area contributed by atoms with Crippen LogP contribution in [0, 0.1) is 0 Å². The van der Waals surface area contributed by atoms with Crippen molar-refractivity contribution in [2.75, 3.05) is 0 Å². The van der Waals surface area contributed by atoms with Crippen molar-refractivity contribution >= 4 is 27.8 Å². The Labute approximate surface area is 271 Å². The highest BCUT2D eigenvalue weighted by Gasteiger charge is 2.46. The third-order valence-corrected chi connectivity index (χ3v) is 21.9. The molecular weight excluding hydrogens is 569 g/mol. The van der Waals surface area contributed by atoms with Gasteiger partial charge in [-0.15, -0.1) is 13.2 Å². The SMILES string of the molecule is C=CCC[Si](OC1=C(CCC2=C(O[Si](CCC=C)(C(C)C)C(C)C)Cc3ccccc32)c2ccccc2C1)(C(C)C)C(C)C. The Morgan fingerprint density at radius 2 is 0.932 bits per heavy atom. The van der Waals surface area contributed by atoms with Gasteiger partial charge in [0.05, 0.1) is 11.5 Å². The van der Waals surface area contributed by atoms with Crippen molar-refractivity contribution < 1.29 is 8.85 Å². The van der Waals surface area contributed by atoms with Crippen LogP contribution in [0.25, 0.3) is 11.1 Å². The summed E-state index contributed by atoms with van der Waals surface area (Å²) < 4.78 is 14.9. The van der Waals surface area contributed by atoms with Crippen molar-refractivity contribution in [3.05, 3.63) is 108 Å². The highest BCUT2D eigenvalue weighted by atomic mass is 28.4. The highest BCUT2D eigenvalue weighted by Crippen LogP contribution is 2.48. The van der Waals surface area contributed by atoms with Crippen LogP contribution in [-0.2, 0) is 21.7 Å². The molecule has 0 heterocycles. The average Bonchev–Trinajstić information content (AvgIpc) is 3.52. The monoisotopic (exact) mass is 626 g/mol. The van der Waals surface area contributed by atoms with Crippen LogP contribution in [0.5, 0.6) is 0 Å². The molecule has 2 aromatic carbocycles. The normalized spacial score (nSPS) is 15.1. The molecule has 0 aromatic heterocycles. The molecule has 2 nitrogen and oxygen atoms in total. The highest BCUT2D eigenvalue weighted by molar-refractivity contribution is 6.77. The summed E-state index contributed by atoms with van der Waals surface area (Å²) in [6.07, 6.45) is 9.94. The molecule has 0 atom stereocenters. The van der Waals surface area contributed by atoms with Crippen LogP contribution in [0.4, 0.5) is 0 Å². The van der Waals surface area contributed by atoms with Gasteiger partial charge in [0.2, 0.25) is 0 Å². The lowest BCUT2D eigenvalue weighted by Gasteiger charge is -2.40. The van der Waals surface area contributed by atoms with E-state index < -0.39 is 16.6 Å². The first-order valence-corrected chi connectivity index (χ1v) is 21.7. The van der Waals surface area contributed by atoms with Crippen LogP contribution >= 0.6 is 0 Å². The third-order valence-electron chi connectivity index (χ3n) is 10.7. The first-order valence-electron chi connectivity index (χ1n) is 17.2. The van der Waals surface area contributed by atoms with Crippen LogP contribution in [0.1, 0.15) is 103 Å². The molecule has 0 radical (unpaired) electrons. The van der Waals surface area contributed by atoms with Gasteiger partial charge in [-0.2, -0.15) is 0 Å². The van der Waals surface area contributed by atoms with Crippen molar-refractivity contribution in [2.24, 2.45) is 0 Å². The molecule has 4 rings (SSSR count). The second-order valence-corrected chi connectivity index (χ2v) is 24.2. The largest absolute Gasteiger partial charge is 0.545 e. The Balaban J connectivity index is 1.76. The molecule has 0 amide bonds. The van der Waals surface area contributed by atoms with Crippen LogP contribution < -0.4 is 0 Å². The first kappa shape index (κ1) is 34.3. The maximum atomic E-state index is 7.44. The van der Waals surface area contributed by atoms with Crippen LogP contribution in [0.15, 0.2) is 85.4 Å². The summed E-state index contributed by atoms with van der Waals surface area (Å²) in [6, 6.07) is 20.2. The fourth-order valence-corrected chi connectivity index (χ4v) is 16.7. The summed E-state index contributed by atoms with van der Waals surface area (Å²) in [4.78, 5) is 0. The van der Waals surface area contributed by atoms with Gasteiger partial charge in [0.25, 0.3) is 16.6 Å². The lowest BCUT2D eigenvalue weighted by Crippen LogP contribution is -2.44. The zero-order valence-corrected chi connectivity index (χ0v) is 31.0. The molecule has 238 valence electrons. The van der Waals surface area contributed by atoms with E-state index in [-0.39, 0.29) is 0 Å². The summed E-state index contributed by atoms with van der Waals surface area (Å²) >= 11 is 0. The molecule has 0 unspecified atom stereocenters. The Bertz CT molecular complexity index is 1260.